The molecule has 6 heteroatoms. The minimum absolute atomic E-state index is 0.726. The summed E-state index contributed by atoms with van der Waals surface area (Å²) < 4.78 is 5.44. The fourth-order valence-corrected chi connectivity index (χ4v) is 2.99. The molecule has 1 fully saturated rings. The SMILES string of the molecule is Cc1nc(N2CCOCC2)c2ncc(Cc3cccnc3)cc2n1. The zero-order valence-electron chi connectivity index (χ0n) is 13.6. The van der Waals surface area contributed by atoms with E-state index in [1.54, 1.807) is 6.20 Å². The third-order valence-corrected chi connectivity index (χ3v) is 4.13. The first-order chi connectivity index (χ1) is 11.8. The van der Waals surface area contributed by atoms with Gasteiger partial charge in [-0.2, -0.15) is 0 Å². The van der Waals surface area contributed by atoms with Crippen LogP contribution in [0.1, 0.15) is 17.0 Å². The molecule has 1 aliphatic heterocycles. The maximum Gasteiger partial charge on any atom is 0.159 e. The van der Waals surface area contributed by atoms with Gasteiger partial charge < -0.3 is 9.64 Å². The zero-order valence-corrected chi connectivity index (χ0v) is 13.6. The van der Waals surface area contributed by atoms with Crippen LogP contribution < -0.4 is 4.90 Å². The molecular formula is C18H19N5O. The van der Waals surface area contributed by atoms with E-state index in [0.29, 0.717) is 0 Å². The third-order valence-electron chi connectivity index (χ3n) is 4.13. The second-order valence-electron chi connectivity index (χ2n) is 5.94. The summed E-state index contributed by atoms with van der Waals surface area (Å²) in [5.41, 5.74) is 4.04. The van der Waals surface area contributed by atoms with Gasteiger partial charge in [0.2, 0.25) is 0 Å². The van der Waals surface area contributed by atoms with E-state index >= 15 is 0 Å². The Morgan fingerprint density at radius 1 is 1.12 bits per heavy atom. The van der Waals surface area contributed by atoms with Crippen LogP contribution in [0.2, 0.25) is 0 Å². The Labute approximate surface area is 140 Å². The summed E-state index contributed by atoms with van der Waals surface area (Å²) in [5.74, 6) is 1.68. The quantitative estimate of drug-likeness (QED) is 0.736. The van der Waals surface area contributed by atoms with Gasteiger partial charge in [-0.25, -0.2) is 9.97 Å². The van der Waals surface area contributed by atoms with Crippen molar-refractivity contribution in [3.63, 3.8) is 0 Å². The molecule has 3 aromatic heterocycles. The highest BCUT2D eigenvalue weighted by Crippen LogP contribution is 2.24. The van der Waals surface area contributed by atoms with E-state index in [2.05, 4.69) is 37.0 Å². The monoisotopic (exact) mass is 321 g/mol. The van der Waals surface area contributed by atoms with Crippen molar-refractivity contribution in [3.05, 3.63) is 53.7 Å². The van der Waals surface area contributed by atoms with Crippen LogP contribution in [-0.2, 0) is 11.2 Å². The molecule has 0 amide bonds. The van der Waals surface area contributed by atoms with Crippen LogP contribution in [0, 0.1) is 6.92 Å². The molecule has 0 N–H and O–H groups in total. The number of hydrogen-bond acceptors (Lipinski definition) is 6. The predicted molar refractivity (Wildman–Crippen MR) is 92.1 cm³/mol. The van der Waals surface area contributed by atoms with Gasteiger partial charge in [-0.1, -0.05) is 6.07 Å². The van der Waals surface area contributed by atoms with Crippen molar-refractivity contribution in [2.45, 2.75) is 13.3 Å². The Balaban J connectivity index is 1.71. The van der Waals surface area contributed by atoms with Gasteiger partial charge in [0.15, 0.2) is 5.82 Å². The molecule has 122 valence electrons. The van der Waals surface area contributed by atoms with E-state index < -0.39 is 0 Å². The van der Waals surface area contributed by atoms with E-state index in [-0.39, 0.29) is 0 Å². The molecule has 0 unspecified atom stereocenters. The lowest BCUT2D eigenvalue weighted by Crippen LogP contribution is -2.37. The highest BCUT2D eigenvalue weighted by molar-refractivity contribution is 5.86. The highest BCUT2D eigenvalue weighted by atomic mass is 16.5. The minimum atomic E-state index is 0.726. The van der Waals surface area contributed by atoms with E-state index in [9.17, 15) is 0 Å². The highest BCUT2D eigenvalue weighted by Gasteiger charge is 2.17. The lowest BCUT2D eigenvalue weighted by atomic mass is 10.1. The maximum absolute atomic E-state index is 5.44. The van der Waals surface area contributed by atoms with Crippen LogP contribution in [0.4, 0.5) is 5.82 Å². The standard InChI is InChI=1S/C18H19N5O/c1-13-21-16-10-15(9-14-3-2-4-19-11-14)12-20-17(16)18(22-13)23-5-7-24-8-6-23/h2-4,10-12H,5-9H2,1H3. The fourth-order valence-electron chi connectivity index (χ4n) is 2.99. The molecule has 3 aromatic rings. The van der Waals surface area contributed by atoms with Crippen LogP contribution in [0.3, 0.4) is 0 Å². The van der Waals surface area contributed by atoms with Gasteiger partial charge >= 0.3 is 0 Å². The normalized spacial score (nSPS) is 15.0. The Hall–Kier alpha value is -2.60. The molecule has 0 spiro atoms. The molecule has 0 bridgehead atoms. The molecule has 0 saturated carbocycles. The molecule has 0 aromatic carbocycles. The van der Waals surface area contributed by atoms with Crippen molar-refractivity contribution in [1.82, 2.24) is 19.9 Å². The number of hydrogen-bond donors (Lipinski definition) is 0. The maximum atomic E-state index is 5.44. The topological polar surface area (TPSA) is 64.0 Å². The number of anilines is 1. The summed E-state index contributed by atoms with van der Waals surface area (Å²) in [5, 5.41) is 0. The largest absolute Gasteiger partial charge is 0.378 e. The Kier molecular flexibility index (Phi) is 4.04. The average molecular weight is 321 g/mol. The van der Waals surface area contributed by atoms with E-state index in [0.717, 1.165) is 66.5 Å². The number of pyridine rings is 2. The number of fused-ring (bicyclic) bond motifs is 1. The molecule has 6 nitrogen and oxygen atoms in total. The Bertz CT molecular complexity index is 847. The van der Waals surface area contributed by atoms with Gasteiger partial charge in [0, 0.05) is 38.1 Å². The first-order valence-electron chi connectivity index (χ1n) is 8.14. The predicted octanol–water partition coefficient (Wildman–Crippen LogP) is 2.16. The van der Waals surface area contributed by atoms with Crippen molar-refractivity contribution < 1.29 is 4.74 Å². The van der Waals surface area contributed by atoms with Gasteiger partial charge in [0.1, 0.15) is 11.3 Å². The van der Waals surface area contributed by atoms with Crippen LogP contribution in [0.5, 0.6) is 0 Å². The first kappa shape index (κ1) is 15.0. The van der Waals surface area contributed by atoms with Crippen LogP contribution >= 0.6 is 0 Å². The van der Waals surface area contributed by atoms with Gasteiger partial charge in [-0.15, -0.1) is 0 Å². The van der Waals surface area contributed by atoms with Crippen molar-refractivity contribution in [1.29, 1.82) is 0 Å². The molecule has 0 atom stereocenters. The van der Waals surface area contributed by atoms with E-state index in [1.807, 2.05) is 25.4 Å². The summed E-state index contributed by atoms with van der Waals surface area (Å²) >= 11 is 0. The molecule has 0 aliphatic carbocycles. The zero-order chi connectivity index (χ0) is 16.4. The summed E-state index contributed by atoms with van der Waals surface area (Å²) in [7, 11) is 0. The second kappa shape index (κ2) is 6.49. The van der Waals surface area contributed by atoms with E-state index in [4.69, 9.17) is 4.74 Å². The Morgan fingerprint density at radius 3 is 2.79 bits per heavy atom. The molecule has 4 rings (SSSR count). The van der Waals surface area contributed by atoms with E-state index in [1.165, 1.54) is 0 Å². The van der Waals surface area contributed by atoms with Gasteiger partial charge in [0.05, 0.1) is 18.7 Å². The van der Waals surface area contributed by atoms with Gasteiger partial charge in [-0.05, 0) is 30.2 Å². The smallest absolute Gasteiger partial charge is 0.159 e. The molecular weight excluding hydrogens is 302 g/mol. The van der Waals surface area contributed by atoms with Gasteiger partial charge in [0.25, 0.3) is 0 Å². The summed E-state index contributed by atoms with van der Waals surface area (Å²) in [6.45, 7) is 5.06. The van der Waals surface area contributed by atoms with Gasteiger partial charge in [-0.3, -0.25) is 9.97 Å². The molecule has 1 saturated heterocycles. The number of nitrogens with zero attached hydrogens (tertiary/aromatic N) is 5. The van der Waals surface area contributed by atoms with Crippen molar-refractivity contribution >= 4 is 16.9 Å². The molecule has 0 radical (unpaired) electrons. The lowest BCUT2D eigenvalue weighted by molar-refractivity contribution is 0.122. The van der Waals surface area contributed by atoms with Crippen molar-refractivity contribution in [2.24, 2.45) is 0 Å². The number of aryl methyl sites for hydroxylation is 1. The number of morpholine rings is 1. The number of rotatable bonds is 3. The Morgan fingerprint density at radius 2 is 2.00 bits per heavy atom. The summed E-state index contributed by atoms with van der Waals surface area (Å²) in [6, 6.07) is 6.13. The second-order valence-corrected chi connectivity index (χ2v) is 5.94. The van der Waals surface area contributed by atoms with Crippen LogP contribution in [0.25, 0.3) is 11.0 Å². The third kappa shape index (κ3) is 3.05. The number of aromatic nitrogens is 4. The van der Waals surface area contributed by atoms with Crippen molar-refractivity contribution in [2.75, 3.05) is 31.2 Å². The summed E-state index contributed by atoms with van der Waals surface area (Å²) in [6.07, 6.45) is 6.38. The summed E-state index contributed by atoms with van der Waals surface area (Å²) in [4.78, 5) is 20.3. The molecule has 1 aliphatic rings. The average Bonchev–Trinajstić information content (AvgIpc) is 2.62. The van der Waals surface area contributed by atoms with Crippen LogP contribution in [-0.4, -0.2) is 46.2 Å². The molecule has 4 heterocycles. The molecule has 24 heavy (non-hydrogen) atoms. The first-order valence-corrected chi connectivity index (χ1v) is 8.14. The fraction of sp³-hybridized carbons (Fsp3) is 0.333. The lowest BCUT2D eigenvalue weighted by Gasteiger charge is -2.28. The minimum Gasteiger partial charge on any atom is -0.378 e. The number of ether oxygens (including phenoxy) is 1. The van der Waals surface area contributed by atoms with Crippen LogP contribution in [0.15, 0.2) is 36.8 Å². The van der Waals surface area contributed by atoms with Crippen molar-refractivity contribution in [3.8, 4) is 0 Å².